The molecule has 0 spiro atoms. The highest BCUT2D eigenvalue weighted by Crippen LogP contribution is 2.27. The molecule has 1 amide bonds. The van der Waals surface area contributed by atoms with Crippen LogP contribution in [0.1, 0.15) is 18.4 Å². The van der Waals surface area contributed by atoms with Crippen molar-refractivity contribution in [3.05, 3.63) is 34.4 Å². The first-order valence-corrected chi connectivity index (χ1v) is 6.86. The van der Waals surface area contributed by atoms with Crippen LogP contribution >= 0.6 is 0 Å². The van der Waals surface area contributed by atoms with Crippen molar-refractivity contribution in [1.82, 2.24) is 10.6 Å². The van der Waals surface area contributed by atoms with E-state index < -0.39 is 11.7 Å². The van der Waals surface area contributed by atoms with Gasteiger partial charge >= 0.3 is 5.63 Å². The summed E-state index contributed by atoms with van der Waals surface area (Å²) in [4.78, 5) is 22.6. The fourth-order valence-electron chi connectivity index (χ4n) is 1.86. The van der Waals surface area contributed by atoms with E-state index in [1.54, 1.807) is 6.07 Å². The maximum atomic E-state index is 11.6. The highest BCUT2D eigenvalue weighted by atomic mass is 16.4. The second kappa shape index (κ2) is 7.21. The van der Waals surface area contributed by atoms with Crippen LogP contribution in [0.5, 0.6) is 0 Å². The molecular weight excluding hydrogens is 260 g/mol. The van der Waals surface area contributed by atoms with E-state index >= 15 is 0 Å². The van der Waals surface area contributed by atoms with E-state index in [0.29, 0.717) is 12.1 Å². The molecule has 1 unspecified atom stereocenters. The maximum Gasteiger partial charge on any atom is 0.335 e. The van der Waals surface area contributed by atoms with Gasteiger partial charge in [-0.2, -0.15) is 0 Å². The smallest absolute Gasteiger partial charge is 0.335 e. The molecule has 1 aliphatic carbocycles. The molecule has 0 bridgehead atoms. The van der Waals surface area contributed by atoms with Crippen LogP contribution in [0.25, 0.3) is 0 Å². The lowest BCUT2D eigenvalue weighted by Crippen LogP contribution is -2.39. The van der Waals surface area contributed by atoms with Crippen molar-refractivity contribution >= 4 is 5.91 Å². The Kier molecular flexibility index (Phi) is 5.31. The fraction of sp³-hybridized carbons (Fsp3) is 0.571. The molecular formula is C14H20N2O4. The minimum absolute atomic E-state index is 0.105. The molecule has 1 heterocycles. The van der Waals surface area contributed by atoms with Crippen LogP contribution in [0.4, 0.5) is 0 Å². The highest BCUT2D eigenvalue weighted by Gasteiger charge is 2.20. The van der Waals surface area contributed by atoms with Crippen molar-refractivity contribution in [3.63, 3.8) is 0 Å². The number of carbonyl (C=O) groups is 1. The lowest BCUT2D eigenvalue weighted by atomic mass is 10.2. The van der Waals surface area contributed by atoms with Gasteiger partial charge in [0, 0.05) is 19.2 Å². The zero-order valence-electron chi connectivity index (χ0n) is 11.3. The summed E-state index contributed by atoms with van der Waals surface area (Å²) in [6.07, 6.45) is 3.31. The Balaban J connectivity index is 1.62. The van der Waals surface area contributed by atoms with E-state index in [1.165, 1.54) is 25.2 Å². The summed E-state index contributed by atoms with van der Waals surface area (Å²) < 4.78 is 4.58. The summed E-state index contributed by atoms with van der Waals surface area (Å²) in [7, 11) is 0. The number of hydrogen-bond acceptors (Lipinski definition) is 5. The van der Waals surface area contributed by atoms with Crippen LogP contribution in [-0.4, -0.2) is 36.8 Å². The molecule has 1 aromatic heterocycles. The van der Waals surface area contributed by atoms with Crippen molar-refractivity contribution < 1.29 is 14.3 Å². The van der Waals surface area contributed by atoms with Gasteiger partial charge in [-0.05, 0) is 36.9 Å². The number of aliphatic hydroxyl groups is 1. The van der Waals surface area contributed by atoms with Gasteiger partial charge < -0.3 is 20.2 Å². The molecule has 1 saturated carbocycles. The summed E-state index contributed by atoms with van der Waals surface area (Å²) in [5.41, 5.74) is 0.125. The van der Waals surface area contributed by atoms with Crippen molar-refractivity contribution in [1.29, 1.82) is 0 Å². The molecule has 110 valence electrons. The number of hydrogen-bond donors (Lipinski definition) is 3. The molecule has 6 nitrogen and oxygen atoms in total. The van der Waals surface area contributed by atoms with Gasteiger partial charge in [0.15, 0.2) is 0 Å². The zero-order chi connectivity index (χ0) is 14.4. The SMILES string of the molecule is O=C(Cc1ccoc(=O)c1)NCC(O)CNCC1CC1. The van der Waals surface area contributed by atoms with E-state index in [0.717, 1.165) is 12.5 Å². The van der Waals surface area contributed by atoms with E-state index in [2.05, 4.69) is 15.1 Å². The van der Waals surface area contributed by atoms with Crippen LogP contribution in [0.15, 0.2) is 27.6 Å². The van der Waals surface area contributed by atoms with E-state index in [1.807, 2.05) is 0 Å². The van der Waals surface area contributed by atoms with Crippen molar-refractivity contribution in [2.45, 2.75) is 25.4 Å². The van der Waals surface area contributed by atoms with Crippen LogP contribution < -0.4 is 16.3 Å². The second-order valence-electron chi connectivity index (χ2n) is 5.20. The van der Waals surface area contributed by atoms with Gasteiger partial charge in [0.05, 0.1) is 18.8 Å². The van der Waals surface area contributed by atoms with Crippen molar-refractivity contribution in [2.24, 2.45) is 5.92 Å². The molecule has 6 heteroatoms. The lowest BCUT2D eigenvalue weighted by molar-refractivity contribution is -0.120. The monoisotopic (exact) mass is 280 g/mol. The Morgan fingerprint density at radius 1 is 1.45 bits per heavy atom. The summed E-state index contributed by atoms with van der Waals surface area (Å²) in [5, 5.41) is 15.5. The average Bonchev–Trinajstić information content (AvgIpc) is 3.20. The van der Waals surface area contributed by atoms with Gasteiger partial charge in [0.1, 0.15) is 0 Å². The second-order valence-corrected chi connectivity index (χ2v) is 5.20. The Hall–Kier alpha value is -1.66. The van der Waals surface area contributed by atoms with Gasteiger partial charge in [0.2, 0.25) is 5.91 Å². The molecule has 1 atom stereocenters. The largest absolute Gasteiger partial charge is 0.431 e. The molecule has 20 heavy (non-hydrogen) atoms. The molecule has 0 aliphatic heterocycles. The summed E-state index contributed by atoms with van der Waals surface area (Å²) >= 11 is 0. The molecule has 1 aliphatic rings. The minimum Gasteiger partial charge on any atom is -0.431 e. The Morgan fingerprint density at radius 2 is 2.25 bits per heavy atom. The number of rotatable bonds is 8. The average molecular weight is 280 g/mol. The third-order valence-electron chi connectivity index (χ3n) is 3.18. The molecule has 1 aromatic rings. The molecule has 1 fully saturated rings. The highest BCUT2D eigenvalue weighted by molar-refractivity contribution is 5.78. The molecule has 2 rings (SSSR count). The number of aliphatic hydroxyl groups excluding tert-OH is 1. The topological polar surface area (TPSA) is 91.6 Å². The predicted molar refractivity (Wildman–Crippen MR) is 73.3 cm³/mol. The van der Waals surface area contributed by atoms with Crippen molar-refractivity contribution in [2.75, 3.05) is 19.6 Å². The molecule has 0 radical (unpaired) electrons. The van der Waals surface area contributed by atoms with E-state index in [-0.39, 0.29) is 18.9 Å². The minimum atomic E-state index is -0.599. The molecule has 3 N–H and O–H groups in total. The van der Waals surface area contributed by atoms with E-state index in [4.69, 9.17) is 0 Å². The maximum absolute atomic E-state index is 11.6. The third kappa shape index (κ3) is 5.54. The van der Waals surface area contributed by atoms with Crippen LogP contribution in [0, 0.1) is 5.92 Å². The standard InChI is InChI=1S/C14H20N2O4/c17-12(8-15-7-10-1-2-10)9-16-13(18)5-11-3-4-20-14(19)6-11/h3-4,6,10,12,15,17H,1-2,5,7-9H2,(H,16,18). The first-order valence-electron chi connectivity index (χ1n) is 6.86. The van der Waals surface area contributed by atoms with Gasteiger partial charge in [-0.3, -0.25) is 4.79 Å². The van der Waals surface area contributed by atoms with E-state index in [9.17, 15) is 14.7 Å². The normalized spacial score (nSPS) is 15.8. The first kappa shape index (κ1) is 14.7. The Bertz CT molecular complexity index is 496. The Morgan fingerprint density at radius 3 is 2.95 bits per heavy atom. The van der Waals surface area contributed by atoms with Crippen LogP contribution in [0.2, 0.25) is 0 Å². The quantitative estimate of drug-likeness (QED) is 0.606. The molecule has 0 saturated heterocycles. The van der Waals surface area contributed by atoms with Gasteiger partial charge in [-0.15, -0.1) is 0 Å². The van der Waals surface area contributed by atoms with Crippen molar-refractivity contribution in [3.8, 4) is 0 Å². The first-order chi connectivity index (χ1) is 9.63. The third-order valence-corrected chi connectivity index (χ3v) is 3.18. The summed E-state index contributed by atoms with van der Waals surface area (Å²) in [6.45, 7) is 1.62. The summed E-state index contributed by atoms with van der Waals surface area (Å²) in [5.74, 6) is 0.540. The number of nitrogens with one attached hydrogen (secondary N) is 2. The fourth-order valence-corrected chi connectivity index (χ4v) is 1.86. The van der Waals surface area contributed by atoms with Gasteiger partial charge in [0.25, 0.3) is 0 Å². The number of carbonyl (C=O) groups excluding carboxylic acids is 1. The van der Waals surface area contributed by atoms with Gasteiger partial charge in [-0.1, -0.05) is 0 Å². The molecule has 0 aromatic carbocycles. The zero-order valence-corrected chi connectivity index (χ0v) is 11.3. The Labute approximate surface area is 117 Å². The van der Waals surface area contributed by atoms with Gasteiger partial charge in [-0.25, -0.2) is 4.79 Å². The van der Waals surface area contributed by atoms with Crippen LogP contribution in [0.3, 0.4) is 0 Å². The lowest BCUT2D eigenvalue weighted by Gasteiger charge is -2.12. The summed E-state index contributed by atoms with van der Waals surface area (Å²) in [6, 6.07) is 2.86. The predicted octanol–water partition coefficient (Wildman–Crippen LogP) is -0.341. The number of amides is 1. The van der Waals surface area contributed by atoms with Crippen LogP contribution in [-0.2, 0) is 11.2 Å².